The van der Waals surface area contributed by atoms with Gasteiger partial charge in [0.15, 0.2) is 0 Å². The molecule has 2 aliphatic rings. The van der Waals surface area contributed by atoms with Gasteiger partial charge in [-0.05, 0) is 139 Å². The average molecular weight is 678 g/mol. The number of allylic oxidation sites excluding steroid dienone is 1. The van der Waals surface area contributed by atoms with Crippen LogP contribution >= 0.6 is 0 Å². The maximum absolute atomic E-state index is 2.39. The van der Waals surface area contributed by atoms with Crippen LogP contribution < -0.4 is 4.90 Å². The molecule has 0 heterocycles. The van der Waals surface area contributed by atoms with Gasteiger partial charge in [-0.25, -0.2) is 0 Å². The Morgan fingerprint density at radius 3 is 2.06 bits per heavy atom. The highest BCUT2D eigenvalue weighted by molar-refractivity contribution is 6.09. The van der Waals surface area contributed by atoms with Crippen LogP contribution in [0.5, 0.6) is 0 Å². The lowest BCUT2D eigenvalue weighted by Gasteiger charge is -2.27. The highest BCUT2D eigenvalue weighted by atomic mass is 15.1. The van der Waals surface area contributed by atoms with Crippen molar-refractivity contribution in [3.8, 4) is 22.3 Å². The van der Waals surface area contributed by atoms with Crippen molar-refractivity contribution >= 4 is 56.8 Å². The number of anilines is 3. The SMILES string of the molecule is C1=Cc2ccc3c(c2CC1)-c1c(C=Cc2ccc(N(c4cccc(-c5ccccc5)c4)c4ccc5ccc6ccccc6c5c4)cc2)cccc1CC3. The molecule has 0 saturated carbocycles. The molecule has 0 spiro atoms. The summed E-state index contributed by atoms with van der Waals surface area (Å²) in [6, 6.07) is 60.2. The van der Waals surface area contributed by atoms with Crippen LogP contribution in [0.4, 0.5) is 17.1 Å². The minimum absolute atomic E-state index is 1.10. The van der Waals surface area contributed by atoms with Crippen LogP contribution in [0.1, 0.15) is 39.8 Å². The fourth-order valence-electron chi connectivity index (χ4n) is 8.59. The molecule has 0 atom stereocenters. The number of benzene rings is 8. The van der Waals surface area contributed by atoms with Gasteiger partial charge in [-0.3, -0.25) is 0 Å². The van der Waals surface area contributed by atoms with Crippen LogP contribution in [0.3, 0.4) is 0 Å². The first-order valence-corrected chi connectivity index (χ1v) is 18.9. The second-order valence-corrected chi connectivity index (χ2v) is 14.4. The minimum atomic E-state index is 1.10. The lowest BCUT2D eigenvalue weighted by atomic mass is 9.77. The quantitative estimate of drug-likeness (QED) is 0.125. The average Bonchev–Trinajstić information content (AvgIpc) is 3.23. The van der Waals surface area contributed by atoms with Gasteiger partial charge in [-0.15, -0.1) is 0 Å². The Kier molecular flexibility index (Phi) is 7.84. The largest absolute Gasteiger partial charge is 0.310 e. The van der Waals surface area contributed by atoms with Gasteiger partial charge in [0.25, 0.3) is 0 Å². The van der Waals surface area contributed by atoms with Crippen LogP contribution in [0.15, 0.2) is 170 Å². The summed E-state index contributed by atoms with van der Waals surface area (Å²) in [6.07, 6.45) is 13.7. The number of hydrogen-bond donors (Lipinski definition) is 0. The Bertz CT molecular complexity index is 2710. The Balaban J connectivity index is 1.05. The summed E-state index contributed by atoms with van der Waals surface area (Å²) in [5, 5.41) is 5.03. The van der Waals surface area contributed by atoms with E-state index in [-0.39, 0.29) is 0 Å². The van der Waals surface area contributed by atoms with Crippen molar-refractivity contribution in [2.45, 2.75) is 25.7 Å². The van der Waals surface area contributed by atoms with Crippen LogP contribution in [-0.2, 0) is 19.3 Å². The van der Waals surface area contributed by atoms with Crippen molar-refractivity contribution in [2.24, 2.45) is 0 Å². The van der Waals surface area contributed by atoms with Gasteiger partial charge in [0.05, 0.1) is 0 Å². The lowest BCUT2D eigenvalue weighted by Crippen LogP contribution is -2.10. The molecule has 0 aromatic heterocycles. The molecule has 0 unspecified atom stereocenters. The highest BCUT2D eigenvalue weighted by Crippen LogP contribution is 2.43. The molecule has 0 bridgehead atoms. The van der Waals surface area contributed by atoms with Crippen molar-refractivity contribution < 1.29 is 0 Å². The third kappa shape index (κ3) is 5.76. The van der Waals surface area contributed by atoms with Crippen molar-refractivity contribution in [2.75, 3.05) is 4.90 Å². The number of hydrogen-bond acceptors (Lipinski definition) is 1. The lowest BCUT2D eigenvalue weighted by molar-refractivity contribution is 0.917. The summed E-state index contributed by atoms with van der Waals surface area (Å²) < 4.78 is 0. The molecule has 53 heavy (non-hydrogen) atoms. The van der Waals surface area contributed by atoms with Gasteiger partial charge in [0.2, 0.25) is 0 Å². The van der Waals surface area contributed by atoms with Crippen molar-refractivity contribution in [1.82, 2.24) is 0 Å². The Hall–Kier alpha value is -6.44. The molecule has 8 aromatic carbocycles. The van der Waals surface area contributed by atoms with E-state index in [1.807, 2.05) is 0 Å². The van der Waals surface area contributed by atoms with E-state index in [0.29, 0.717) is 0 Å². The molecule has 1 nitrogen and oxygen atoms in total. The van der Waals surface area contributed by atoms with Gasteiger partial charge in [0.1, 0.15) is 0 Å². The summed E-state index contributed by atoms with van der Waals surface area (Å²) in [5.41, 5.74) is 17.1. The zero-order chi connectivity index (χ0) is 35.1. The molecule has 2 aliphatic carbocycles. The monoisotopic (exact) mass is 677 g/mol. The molecule has 0 saturated heterocycles. The Morgan fingerprint density at radius 2 is 1.17 bits per heavy atom. The maximum atomic E-state index is 2.39. The normalized spacial score (nSPS) is 13.2. The second kappa shape index (κ2) is 13.3. The van der Waals surface area contributed by atoms with E-state index in [1.165, 1.54) is 77.2 Å². The number of rotatable bonds is 6. The van der Waals surface area contributed by atoms with Crippen LogP contribution in [-0.4, -0.2) is 0 Å². The zero-order valence-electron chi connectivity index (χ0n) is 29.7. The fourth-order valence-corrected chi connectivity index (χ4v) is 8.59. The van der Waals surface area contributed by atoms with Gasteiger partial charge in [-0.2, -0.15) is 0 Å². The molecule has 0 N–H and O–H groups in total. The maximum Gasteiger partial charge on any atom is 0.0468 e. The topological polar surface area (TPSA) is 3.24 Å². The molecule has 252 valence electrons. The molecule has 10 rings (SSSR count). The summed E-state index contributed by atoms with van der Waals surface area (Å²) >= 11 is 0. The predicted octanol–water partition coefficient (Wildman–Crippen LogP) is 14.0. The summed E-state index contributed by atoms with van der Waals surface area (Å²) in [5.74, 6) is 0. The summed E-state index contributed by atoms with van der Waals surface area (Å²) in [6.45, 7) is 0. The molecular weight excluding hydrogens is 639 g/mol. The Labute approximate surface area is 311 Å². The molecule has 0 radical (unpaired) electrons. The first-order chi connectivity index (χ1) is 26.3. The first-order valence-electron chi connectivity index (χ1n) is 18.9. The van der Waals surface area contributed by atoms with Crippen LogP contribution in [0, 0.1) is 0 Å². The van der Waals surface area contributed by atoms with Crippen molar-refractivity contribution in [3.63, 3.8) is 0 Å². The van der Waals surface area contributed by atoms with E-state index in [0.717, 1.165) is 42.7 Å². The molecule has 0 fully saturated rings. The molecule has 0 aliphatic heterocycles. The van der Waals surface area contributed by atoms with E-state index < -0.39 is 0 Å². The molecule has 1 heteroatoms. The summed E-state index contributed by atoms with van der Waals surface area (Å²) in [7, 11) is 0. The van der Waals surface area contributed by atoms with E-state index in [9.17, 15) is 0 Å². The Morgan fingerprint density at radius 1 is 0.453 bits per heavy atom. The minimum Gasteiger partial charge on any atom is -0.310 e. The number of fused-ring (bicyclic) bond motifs is 8. The molecule has 8 aromatic rings. The zero-order valence-corrected chi connectivity index (χ0v) is 29.7. The molecular formula is C52H39N. The highest BCUT2D eigenvalue weighted by Gasteiger charge is 2.23. The fraction of sp³-hybridized carbons (Fsp3) is 0.0769. The second-order valence-electron chi connectivity index (χ2n) is 14.4. The van der Waals surface area contributed by atoms with E-state index in [4.69, 9.17) is 0 Å². The number of aryl methyl sites for hydroxylation is 2. The van der Waals surface area contributed by atoms with Gasteiger partial charge >= 0.3 is 0 Å². The van der Waals surface area contributed by atoms with E-state index in [1.54, 1.807) is 0 Å². The smallest absolute Gasteiger partial charge is 0.0468 e. The van der Waals surface area contributed by atoms with E-state index >= 15 is 0 Å². The van der Waals surface area contributed by atoms with Crippen molar-refractivity contribution in [3.05, 3.63) is 203 Å². The molecule has 0 amide bonds. The predicted molar refractivity (Wildman–Crippen MR) is 227 cm³/mol. The standard InChI is InChI=1S/C52H39N/c1-2-10-37(11-3-1)44-16-9-17-46(34-44)53(47-33-30-40-25-24-38-12-4-6-18-48(38)50(40)35-47)45-31-21-36(22-32-45)20-23-41-14-8-15-42-28-29-43-27-26-39-13-5-7-19-49(39)52(43)51(41)42/h1-6,8-18,20-27,30-35H,7,19,28-29H2. The van der Waals surface area contributed by atoms with Gasteiger partial charge in [-0.1, -0.05) is 152 Å². The van der Waals surface area contributed by atoms with E-state index in [2.05, 4.69) is 193 Å². The third-order valence-electron chi connectivity index (χ3n) is 11.2. The van der Waals surface area contributed by atoms with Crippen LogP contribution in [0.25, 0.3) is 62.0 Å². The van der Waals surface area contributed by atoms with Gasteiger partial charge < -0.3 is 4.90 Å². The number of nitrogens with zero attached hydrogens (tertiary/aromatic N) is 1. The van der Waals surface area contributed by atoms with Gasteiger partial charge in [0, 0.05) is 17.1 Å². The summed E-state index contributed by atoms with van der Waals surface area (Å²) in [4.78, 5) is 2.39. The van der Waals surface area contributed by atoms with Crippen molar-refractivity contribution in [1.29, 1.82) is 0 Å². The third-order valence-corrected chi connectivity index (χ3v) is 11.2. The first kappa shape index (κ1) is 31.3. The van der Waals surface area contributed by atoms with Crippen LogP contribution in [0.2, 0.25) is 0 Å².